The molecular formula is C24H34O6. The fourth-order valence-electron chi connectivity index (χ4n) is 7.16. The van der Waals surface area contributed by atoms with Crippen molar-refractivity contribution < 1.29 is 29.6 Å². The third-order valence-electron chi connectivity index (χ3n) is 8.55. The Morgan fingerprint density at radius 1 is 1.30 bits per heavy atom. The standard InChI is InChI=1S/C24H34O6/c1-6-7-17(26)30-24-19(22(24,4)5)15-9-14(11-25)10-23(29)16(8-12(2)20(23)27)18(15)13(3)21(24)28/h8-9,13,15-16,18-19,21,25,28-29H,6-7,10-11H2,1-5H3/t13-,15+,16?,18?,19+,21+,23+,24+/m0/s1. The fourth-order valence-corrected chi connectivity index (χ4v) is 7.16. The average Bonchev–Trinajstić information content (AvgIpc) is 3.13. The summed E-state index contributed by atoms with van der Waals surface area (Å²) < 4.78 is 6.00. The van der Waals surface area contributed by atoms with Crippen molar-refractivity contribution in [1.82, 2.24) is 0 Å². The van der Waals surface area contributed by atoms with Crippen molar-refractivity contribution in [3.05, 3.63) is 23.3 Å². The molecule has 2 fully saturated rings. The number of rotatable bonds is 4. The minimum atomic E-state index is -1.59. The first-order valence-corrected chi connectivity index (χ1v) is 11.1. The van der Waals surface area contributed by atoms with Crippen LogP contribution in [0.4, 0.5) is 0 Å². The normalized spacial score (nSPS) is 46.1. The predicted octanol–water partition coefficient (Wildman–Crippen LogP) is 2.17. The number of Topliss-reactive ketones (excluding diaryl/α,β-unsaturated/α-hetero) is 1. The Kier molecular flexibility index (Phi) is 4.89. The highest BCUT2D eigenvalue weighted by Crippen LogP contribution is 2.75. The molecule has 8 atom stereocenters. The number of allylic oxidation sites excluding steroid dienone is 1. The Labute approximate surface area is 178 Å². The lowest BCUT2D eigenvalue weighted by atomic mass is 9.62. The number of aliphatic hydroxyl groups is 3. The number of hydrogen-bond acceptors (Lipinski definition) is 6. The van der Waals surface area contributed by atoms with Crippen LogP contribution in [0.2, 0.25) is 0 Å². The van der Waals surface area contributed by atoms with E-state index in [2.05, 4.69) is 0 Å². The number of fused-ring (bicyclic) bond motifs is 5. The number of hydrogen-bond donors (Lipinski definition) is 3. The lowest BCUT2D eigenvalue weighted by Gasteiger charge is -2.46. The molecule has 0 heterocycles. The molecule has 4 rings (SSSR count). The fraction of sp³-hybridized carbons (Fsp3) is 0.750. The van der Waals surface area contributed by atoms with Crippen molar-refractivity contribution in [3.8, 4) is 0 Å². The molecule has 0 saturated heterocycles. The molecule has 166 valence electrons. The van der Waals surface area contributed by atoms with Crippen LogP contribution in [-0.2, 0) is 14.3 Å². The van der Waals surface area contributed by atoms with Gasteiger partial charge in [0, 0.05) is 30.1 Å². The number of aliphatic hydroxyl groups excluding tert-OH is 2. The van der Waals surface area contributed by atoms with Gasteiger partial charge in [-0.1, -0.05) is 39.8 Å². The Hall–Kier alpha value is -1.50. The van der Waals surface area contributed by atoms with Gasteiger partial charge >= 0.3 is 5.97 Å². The number of carbonyl (C=O) groups is 2. The van der Waals surface area contributed by atoms with Gasteiger partial charge in [0.15, 0.2) is 5.78 Å². The van der Waals surface area contributed by atoms with Crippen LogP contribution in [0.1, 0.15) is 53.9 Å². The molecule has 2 unspecified atom stereocenters. The van der Waals surface area contributed by atoms with Crippen LogP contribution < -0.4 is 0 Å². The number of esters is 1. The zero-order chi connectivity index (χ0) is 22.2. The number of ether oxygens (including phenoxy) is 1. The summed E-state index contributed by atoms with van der Waals surface area (Å²) in [6.45, 7) is 9.34. The third-order valence-corrected chi connectivity index (χ3v) is 8.55. The SMILES string of the molecule is CCCC(=O)O[C@@]12[C@H](O)[C@@H](C)C3C4C=C(C)C(=O)[C@@]4(O)CC(CO)=C[C@H]3[C@@H]1C2(C)C. The summed E-state index contributed by atoms with van der Waals surface area (Å²) in [5, 5.41) is 32.9. The molecule has 0 aromatic rings. The molecule has 0 spiro atoms. The van der Waals surface area contributed by atoms with E-state index in [4.69, 9.17) is 4.74 Å². The van der Waals surface area contributed by atoms with E-state index < -0.39 is 28.6 Å². The Morgan fingerprint density at radius 3 is 2.57 bits per heavy atom. The predicted molar refractivity (Wildman–Crippen MR) is 110 cm³/mol. The molecule has 30 heavy (non-hydrogen) atoms. The lowest BCUT2D eigenvalue weighted by molar-refractivity contribution is -0.178. The van der Waals surface area contributed by atoms with Crippen LogP contribution in [0.5, 0.6) is 0 Å². The van der Waals surface area contributed by atoms with Crippen LogP contribution in [0.3, 0.4) is 0 Å². The van der Waals surface area contributed by atoms with E-state index in [-0.39, 0.29) is 48.5 Å². The van der Waals surface area contributed by atoms with E-state index in [9.17, 15) is 24.9 Å². The van der Waals surface area contributed by atoms with E-state index in [0.29, 0.717) is 24.0 Å². The van der Waals surface area contributed by atoms with Crippen molar-refractivity contribution in [3.63, 3.8) is 0 Å². The molecule has 0 bridgehead atoms. The molecule has 3 N–H and O–H groups in total. The maximum absolute atomic E-state index is 12.9. The first-order chi connectivity index (χ1) is 14.0. The van der Waals surface area contributed by atoms with Crippen molar-refractivity contribution in [2.45, 2.75) is 71.2 Å². The van der Waals surface area contributed by atoms with Crippen LogP contribution in [0, 0.1) is 35.0 Å². The van der Waals surface area contributed by atoms with Gasteiger partial charge in [-0.3, -0.25) is 9.59 Å². The first kappa shape index (κ1) is 21.7. The summed E-state index contributed by atoms with van der Waals surface area (Å²) in [5.74, 6) is -1.81. The minimum Gasteiger partial charge on any atom is -0.455 e. The van der Waals surface area contributed by atoms with Gasteiger partial charge in [-0.15, -0.1) is 0 Å². The van der Waals surface area contributed by atoms with Crippen LogP contribution in [0.15, 0.2) is 23.3 Å². The van der Waals surface area contributed by atoms with E-state index in [1.807, 2.05) is 39.8 Å². The smallest absolute Gasteiger partial charge is 0.306 e. The molecule has 4 aliphatic rings. The van der Waals surface area contributed by atoms with Crippen molar-refractivity contribution in [1.29, 1.82) is 0 Å². The number of ketones is 1. The molecule has 0 aliphatic heterocycles. The summed E-state index contributed by atoms with van der Waals surface area (Å²) >= 11 is 0. The molecule has 4 aliphatic carbocycles. The Bertz CT molecular complexity index is 841. The largest absolute Gasteiger partial charge is 0.455 e. The first-order valence-electron chi connectivity index (χ1n) is 11.1. The highest BCUT2D eigenvalue weighted by atomic mass is 16.6. The van der Waals surface area contributed by atoms with Crippen molar-refractivity contribution in [2.75, 3.05) is 6.61 Å². The molecule has 0 radical (unpaired) electrons. The van der Waals surface area contributed by atoms with Crippen LogP contribution in [-0.4, -0.2) is 51.0 Å². The molecule has 0 aromatic carbocycles. The highest BCUT2D eigenvalue weighted by molar-refractivity contribution is 6.04. The second kappa shape index (κ2) is 6.75. The van der Waals surface area contributed by atoms with Gasteiger partial charge in [0.2, 0.25) is 0 Å². The monoisotopic (exact) mass is 418 g/mol. The molecule has 0 amide bonds. The van der Waals surface area contributed by atoms with Gasteiger partial charge in [0.05, 0.1) is 12.7 Å². The topological polar surface area (TPSA) is 104 Å². The van der Waals surface area contributed by atoms with Crippen LogP contribution in [0.25, 0.3) is 0 Å². The van der Waals surface area contributed by atoms with E-state index in [1.54, 1.807) is 6.92 Å². The van der Waals surface area contributed by atoms with E-state index >= 15 is 0 Å². The van der Waals surface area contributed by atoms with Crippen molar-refractivity contribution in [2.24, 2.45) is 35.0 Å². The number of carbonyl (C=O) groups excluding carboxylic acids is 2. The maximum atomic E-state index is 12.9. The molecule has 6 heteroatoms. The van der Waals surface area contributed by atoms with Gasteiger partial charge in [0.25, 0.3) is 0 Å². The second-order valence-corrected chi connectivity index (χ2v) is 10.5. The maximum Gasteiger partial charge on any atom is 0.306 e. The summed E-state index contributed by atoms with van der Waals surface area (Å²) in [6.07, 6.45) is 4.01. The lowest BCUT2D eigenvalue weighted by Crippen LogP contribution is -2.54. The van der Waals surface area contributed by atoms with Crippen LogP contribution >= 0.6 is 0 Å². The summed E-state index contributed by atoms with van der Waals surface area (Å²) in [5.41, 5.74) is -1.87. The summed E-state index contributed by atoms with van der Waals surface area (Å²) in [7, 11) is 0. The molecule has 0 aromatic heterocycles. The second-order valence-electron chi connectivity index (χ2n) is 10.5. The Balaban J connectivity index is 1.82. The highest BCUT2D eigenvalue weighted by Gasteiger charge is 2.83. The van der Waals surface area contributed by atoms with Gasteiger partial charge < -0.3 is 20.1 Å². The van der Waals surface area contributed by atoms with Gasteiger partial charge in [-0.05, 0) is 42.2 Å². The zero-order valence-corrected chi connectivity index (χ0v) is 18.5. The average molecular weight is 419 g/mol. The Morgan fingerprint density at radius 2 is 1.97 bits per heavy atom. The third kappa shape index (κ3) is 2.53. The van der Waals surface area contributed by atoms with Gasteiger partial charge in [0.1, 0.15) is 11.2 Å². The van der Waals surface area contributed by atoms with Gasteiger partial charge in [-0.25, -0.2) is 0 Å². The minimum absolute atomic E-state index is 0.0897. The molecule has 2 saturated carbocycles. The van der Waals surface area contributed by atoms with Crippen molar-refractivity contribution >= 4 is 11.8 Å². The quantitative estimate of drug-likeness (QED) is 0.477. The molecular weight excluding hydrogens is 384 g/mol. The van der Waals surface area contributed by atoms with E-state index in [1.165, 1.54) is 0 Å². The zero-order valence-electron chi connectivity index (χ0n) is 18.5. The summed E-state index contributed by atoms with van der Waals surface area (Å²) in [6, 6.07) is 0. The molecule has 6 nitrogen and oxygen atoms in total. The van der Waals surface area contributed by atoms with Gasteiger partial charge in [-0.2, -0.15) is 0 Å². The summed E-state index contributed by atoms with van der Waals surface area (Å²) in [4.78, 5) is 25.3. The van der Waals surface area contributed by atoms with E-state index in [0.717, 1.165) is 0 Å².